The van der Waals surface area contributed by atoms with Gasteiger partial charge >= 0.3 is 0 Å². The molecular weight excluding hydrogens is 214 g/mol. The zero-order chi connectivity index (χ0) is 12.1. The molecule has 94 valence electrons. The van der Waals surface area contributed by atoms with Crippen molar-refractivity contribution in [3.63, 3.8) is 0 Å². The summed E-state index contributed by atoms with van der Waals surface area (Å²) in [5.41, 5.74) is 1.23. The maximum absolute atomic E-state index is 5.76. The standard InChI is InChI=1S/C14H21NO2/c1-3-8-15-13-5-4-9-17-14-7-6-11(16-2)10-12(13)14/h6-7,10,13,15H,3-5,8-9H2,1-2H3. The Morgan fingerprint density at radius 2 is 2.35 bits per heavy atom. The molecule has 0 saturated carbocycles. The molecule has 1 aliphatic rings. The van der Waals surface area contributed by atoms with E-state index in [1.807, 2.05) is 12.1 Å². The van der Waals surface area contributed by atoms with E-state index in [0.29, 0.717) is 6.04 Å². The fraction of sp³-hybridized carbons (Fsp3) is 0.571. The van der Waals surface area contributed by atoms with Crippen LogP contribution in [0.4, 0.5) is 0 Å². The van der Waals surface area contributed by atoms with Crippen LogP contribution in [0, 0.1) is 0 Å². The topological polar surface area (TPSA) is 30.5 Å². The van der Waals surface area contributed by atoms with Crippen LogP contribution in [0.5, 0.6) is 11.5 Å². The lowest BCUT2D eigenvalue weighted by Gasteiger charge is -2.18. The molecule has 3 heteroatoms. The average Bonchev–Trinajstić information content (AvgIpc) is 2.57. The number of benzene rings is 1. The van der Waals surface area contributed by atoms with Gasteiger partial charge in [-0.05, 0) is 44.0 Å². The Morgan fingerprint density at radius 3 is 3.12 bits per heavy atom. The van der Waals surface area contributed by atoms with Crippen LogP contribution >= 0.6 is 0 Å². The number of ether oxygens (including phenoxy) is 2. The van der Waals surface area contributed by atoms with Gasteiger partial charge in [0.1, 0.15) is 11.5 Å². The van der Waals surface area contributed by atoms with E-state index in [9.17, 15) is 0 Å². The number of fused-ring (bicyclic) bond motifs is 1. The quantitative estimate of drug-likeness (QED) is 0.870. The third-order valence-corrected chi connectivity index (χ3v) is 3.13. The van der Waals surface area contributed by atoms with Gasteiger partial charge in [-0.15, -0.1) is 0 Å². The summed E-state index contributed by atoms with van der Waals surface area (Å²) >= 11 is 0. The van der Waals surface area contributed by atoms with Gasteiger partial charge in [0.05, 0.1) is 13.7 Å². The van der Waals surface area contributed by atoms with E-state index in [4.69, 9.17) is 9.47 Å². The summed E-state index contributed by atoms with van der Waals surface area (Å²) in [5.74, 6) is 1.90. The molecule has 3 nitrogen and oxygen atoms in total. The molecule has 2 rings (SSSR count). The second-order valence-electron chi connectivity index (χ2n) is 4.40. The Balaban J connectivity index is 2.25. The van der Waals surface area contributed by atoms with Gasteiger partial charge in [-0.25, -0.2) is 0 Å². The number of methoxy groups -OCH3 is 1. The molecule has 1 aromatic rings. The lowest BCUT2D eigenvalue weighted by Crippen LogP contribution is -2.21. The van der Waals surface area contributed by atoms with Gasteiger partial charge in [-0.2, -0.15) is 0 Å². The van der Waals surface area contributed by atoms with Crippen molar-refractivity contribution in [2.75, 3.05) is 20.3 Å². The minimum atomic E-state index is 0.391. The summed E-state index contributed by atoms with van der Waals surface area (Å²) in [6.07, 6.45) is 3.37. The molecule has 1 heterocycles. The molecular formula is C14H21NO2. The first-order chi connectivity index (χ1) is 8.35. The van der Waals surface area contributed by atoms with Crippen molar-refractivity contribution in [3.8, 4) is 11.5 Å². The number of rotatable bonds is 4. The largest absolute Gasteiger partial charge is 0.497 e. The molecule has 0 spiro atoms. The Hall–Kier alpha value is -1.22. The van der Waals surface area contributed by atoms with Crippen molar-refractivity contribution in [3.05, 3.63) is 23.8 Å². The van der Waals surface area contributed by atoms with Gasteiger partial charge in [-0.3, -0.25) is 0 Å². The average molecular weight is 235 g/mol. The summed E-state index contributed by atoms with van der Waals surface area (Å²) in [6, 6.07) is 6.46. The summed E-state index contributed by atoms with van der Waals surface area (Å²) in [6.45, 7) is 4.04. The van der Waals surface area contributed by atoms with Crippen LogP contribution in [-0.2, 0) is 0 Å². The molecule has 1 atom stereocenters. The second-order valence-corrected chi connectivity index (χ2v) is 4.40. The highest BCUT2D eigenvalue weighted by Gasteiger charge is 2.19. The molecule has 1 unspecified atom stereocenters. The SMILES string of the molecule is CCCNC1CCCOc2ccc(OC)cc21. The molecule has 0 aromatic heterocycles. The Kier molecular flexibility index (Phi) is 4.26. The van der Waals surface area contributed by atoms with E-state index in [1.165, 1.54) is 5.56 Å². The lowest BCUT2D eigenvalue weighted by atomic mass is 10.0. The predicted molar refractivity (Wildman–Crippen MR) is 68.8 cm³/mol. The molecule has 0 saturated heterocycles. The normalized spacial score (nSPS) is 19.1. The van der Waals surface area contributed by atoms with Gasteiger partial charge < -0.3 is 14.8 Å². The molecule has 1 N–H and O–H groups in total. The van der Waals surface area contributed by atoms with Gasteiger partial charge in [0.15, 0.2) is 0 Å². The Morgan fingerprint density at radius 1 is 1.47 bits per heavy atom. The van der Waals surface area contributed by atoms with Crippen LogP contribution in [-0.4, -0.2) is 20.3 Å². The smallest absolute Gasteiger partial charge is 0.124 e. The summed E-state index contributed by atoms with van der Waals surface area (Å²) in [4.78, 5) is 0. The van der Waals surface area contributed by atoms with Crippen molar-refractivity contribution in [1.82, 2.24) is 5.32 Å². The molecule has 1 aromatic carbocycles. The minimum Gasteiger partial charge on any atom is -0.497 e. The third-order valence-electron chi connectivity index (χ3n) is 3.13. The van der Waals surface area contributed by atoms with Gasteiger partial charge in [0, 0.05) is 11.6 Å². The van der Waals surface area contributed by atoms with E-state index < -0.39 is 0 Å². The van der Waals surface area contributed by atoms with Gasteiger partial charge in [-0.1, -0.05) is 6.92 Å². The van der Waals surface area contributed by atoms with E-state index >= 15 is 0 Å². The van der Waals surface area contributed by atoms with Gasteiger partial charge in [0.25, 0.3) is 0 Å². The number of nitrogens with one attached hydrogen (secondary N) is 1. The van der Waals surface area contributed by atoms with Crippen LogP contribution in [0.15, 0.2) is 18.2 Å². The highest BCUT2D eigenvalue weighted by atomic mass is 16.5. The third kappa shape index (κ3) is 2.91. The number of hydrogen-bond donors (Lipinski definition) is 1. The Labute approximate surface area is 103 Å². The summed E-state index contributed by atoms with van der Waals surface area (Å²) in [7, 11) is 1.70. The maximum atomic E-state index is 5.76. The highest BCUT2D eigenvalue weighted by molar-refractivity contribution is 5.42. The zero-order valence-electron chi connectivity index (χ0n) is 10.7. The van der Waals surface area contributed by atoms with E-state index in [1.54, 1.807) is 7.11 Å². The monoisotopic (exact) mass is 235 g/mol. The fourth-order valence-corrected chi connectivity index (χ4v) is 2.21. The molecule has 0 bridgehead atoms. The minimum absolute atomic E-state index is 0.391. The second kappa shape index (κ2) is 5.92. The van der Waals surface area contributed by atoms with E-state index in [-0.39, 0.29) is 0 Å². The first kappa shape index (κ1) is 12.2. The molecule has 1 aliphatic heterocycles. The molecule has 0 aliphatic carbocycles. The predicted octanol–water partition coefficient (Wildman–Crippen LogP) is 2.91. The van der Waals surface area contributed by atoms with Crippen molar-refractivity contribution < 1.29 is 9.47 Å². The first-order valence-electron chi connectivity index (χ1n) is 6.39. The van der Waals surface area contributed by atoms with Crippen molar-refractivity contribution in [2.45, 2.75) is 32.2 Å². The first-order valence-corrected chi connectivity index (χ1v) is 6.39. The number of hydrogen-bond acceptors (Lipinski definition) is 3. The lowest BCUT2D eigenvalue weighted by molar-refractivity contribution is 0.314. The van der Waals surface area contributed by atoms with Crippen LogP contribution < -0.4 is 14.8 Å². The van der Waals surface area contributed by atoms with Crippen LogP contribution in [0.1, 0.15) is 37.8 Å². The van der Waals surface area contributed by atoms with Crippen LogP contribution in [0.3, 0.4) is 0 Å². The van der Waals surface area contributed by atoms with E-state index in [2.05, 4.69) is 18.3 Å². The fourth-order valence-electron chi connectivity index (χ4n) is 2.21. The zero-order valence-corrected chi connectivity index (χ0v) is 10.7. The molecule has 0 amide bonds. The molecule has 0 fully saturated rings. The summed E-state index contributed by atoms with van der Waals surface area (Å²) in [5, 5.41) is 3.58. The van der Waals surface area contributed by atoms with Crippen LogP contribution in [0.25, 0.3) is 0 Å². The van der Waals surface area contributed by atoms with Crippen LogP contribution in [0.2, 0.25) is 0 Å². The summed E-state index contributed by atoms with van der Waals surface area (Å²) < 4.78 is 11.1. The molecule has 0 radical (unpaired) electrons. The van der Waals surface area contributed by atoms with Crippen molar-refractivity contribution >= 4 is 0 Å². The van der Waals surface area contributed by atoms with Crippen molar-refractivity contribution in [2.24, 2.45) is 0 Å². The van der Waals surface area contributed by atoms with E-state index in [0.717, 1.165) is 43.9 Å². The van der Waals surface area contributed by atoms with Crippen molar-refractivity contribution in [1.29, 1.82) is 0 Å². The Bertz CT molecular complexity index is 365. The van der Waals surface area contributed by atoms with Gasteiger partial charge in [0.2, 0.25) is 0 Å². The highest BCUT2D eigenvalue weighted by Crippen LogP contribution is 2.34. The maximum Gasteiger partial charge on any atom is 0.124 e. The molecule has 17 heavy (non-hydrogen) atoms.